The molecule has 1 nitrogen and oxygen atoms in total. The second-order valence-electron chi connectivity index (χ2n) is 3.00. The normalized spacial score (nSPS) is 20.4. The molecule has 1 N–H and O–H groups in total. The highest BCUT2D eigenvalue weighted by atomic mass is 35.5. The third kappa shape index (κ3) is 1.61. The van der Waals surface area contributed by atoms with Crippen LogP contribution in [0.25, 0.3) is 0 Å². The Morgan fingerprint density at radius 1 is 1.23 bits per heavy atom. The Hall–Kier alpha value is -1.21. The summed E-state index contributed by atoms with van der Waals surface area (Å²) >= 11 is 5.80. The lowest BCUT2D eigenvalue weighted by Gasteiger charge is -2.07. The van der Waals surface area contributed by atoms with Crippen molar-refractivity contribution in [3.8, 4) is 5.75 Å². The van der Waals surface area contributed by atoms with Gasteiger partial charge in [0.05, 0.1) is 0 Å². The van der Waals surface area contributed by atoms with Crippen LogP contribution in [0.2, 0.25) is 0 Å². The molecule has 0 aliphatic heterocycles. The fourth-order valence-corrected chi connectivity index (χ4v) is 1.65. The number of benzene rings is 1. The fraction of sp³-hybridized carbons (Fsp3) is 0.0909. The Bertz CT molecular complexity index is 379. The molecule has 0 radical (unpaired) electrons. The van der Waals surface area contributed by atoms with Crippen molar-refractivity contribution in [1.82, 2.24) is 0 Å². The van der Waals surface area contributed by atoms with E-state index in [2.05, 4.69) is 0 Å². The molecule has 0 aromatic heterocycles. The molecule has 1 atom stereocenters. The highest BCUT2D eigenvalue weighted by molar-refractivity contribution is 6.31. The van der Waals surface area contributed by atoms with E-state index in [4.69, 9.17) is 11.6 Å². The Kier molecular flexibility index (Phi) is 2.11. The maximum Gasteiger partial charge on any atom is 0.119 e. The number of allylic oxidation sites excluding steroid dienone is 4. The molecule has 66 valence electrons. The van der Waals surface area contributed by atoms with Gasteiger partial charge in [-0.3, -0.25) is 0 Å². The van der Waals surface area contributed by atoms with Gasteiger partial charge in [-0.05, 0) is 12.1 Å². The molecule has 0 heterocycles. The maximum absolute atomic E-state index is 9.55. The second-order valence-corrected chi connectivity index (χ2v) is 3.43. The molecule has 0 spiro atoms. The molecular weight excluding hydrogens is 184 g/mol. The van der Waals surface area contributed by atoms with Crippen LogP contribution in [-0.4, -0.2) is 5.11 Å². The van der Waals surface area contributed by atoms with E-state index in [1.54, 1.807) is 6.07 Å². The number of rotatable bonds is 1. The van der Waals surface area contributed by atoms with E-state index >= 15 is 0 Å². The monoisotopic (exact) mass is 192 g/mol. The summed E-state index contributed by atoms with van der Waals surface area (Å²) in [6.45, 7) is 0. The Labute approximate surface area is 82.0 Å². The number of hydrogen-bond acceptors (Lipinski definition) is 1. The minimum atomic E-state index is 0.119. The van der Waals surface area contributed by atoms with E-state index in [0.717, 1.165) is 10.6 Å². The SMILES string of the molecule is Oc1ccccc1C1C=CC(Cl)=C1. The minimum Gasteiger partial charge on any atom is -0.508 e. The molecule has 0 amide bonds. The van der Waals surface area contributed by atoms with Gasteiger partial charge in [-0.2, -0.15) is 0 Å². The summed E-state index contributed by atoms with van der Waals surface area (Å²) in [5, 5.41) is 10.3. The van der Waals surface area contributed by atoms with Gasteiger partial charge in [0.2, 0.25) is 0 Å². The van der Waals surface area contributed by atoms with Gasteiger partial charge < -0.3 is 5.11 Å². The molecule has 1 aliphatic rings. The van der Waals surface area contributed by atoms with Crippen LogP contribution in [0.4, 0.5) is 0 Å². The Morgan fingerprint density at radius 2 is 2.00 bits per heavy atom. The van der Waals surface area contributed by atoms with Crippen LogP contribution >= 0.6 is 11.6 Å². The van der Waals surface area contributed by atoms with Crippen molar-refractivity contribution in [2.75, 3.05) is 0 Å². The summed E-state index contributed by atoms with van der Waals surface area (Å²) in [7, 11) is 0. The van der Waals surface area contributed by atoms with E-state index < -0.39 is 0 Å². The lowest BCUT2D eigenvalue weighted by atomic mass is 10.0. The van der Waals surface area contributed by atoms with Crippen molar-refractivity contribution in [3.63, 3.8) is 0 Å². The minimum absolute atomic E-state index is 0.119. The number of phenols is 1. The molecule has 0 saturated carbocycles. The summed E-state index contributed by atoms with van der Waals surface area (Å²) in [5.74, 6) is 0.438. The summed E-state index contributed by atoms with van der Waals surface area (Å²) in [6.07, 6.45) is 5.73. The number of halogens is 1. The average Bonchev–Trinajstić information content (AvgIpc) is 2.53. The third-order valence-corrected chi connectivity index (χ3v) is 2.35. The number of para-hydroxylation sites is 1. The van der Waals surface area contributed by atoms with E-state index in [-0.39, 0.29) is 5.92 Å². The first-order valence-corrected chi connectivity index (χ1v) is 4.48. The first kappa shape index (κ1) is 8.39. The van der Waals surface area contributed by atoms with Gasteiger partial charge in [-0.15, -0.1) is 0 Å². The van der Waals surface area contributed by atoms with Gasteiger partial charge in [0, 0.05) is 16.5 Å². The van der Waals surface area contributed by atoms with Crippen LogP contribution in [0.1, 0.15) is 11.5 Å². The smallest absolute Gasteiger partial charge is 0.119 e. The van der Waals surface area contributed by atoms with Crippen molar-refractivity contribution in [2.24, 2.45) is 0 Å². The first-order chi connectivity index (χ1) is 6.27. The Morgan fingerprint density at radius 3 is 2.62 bits per heavy atom. The van der Waals surface area contributed by atoms with Crippen LogP contribution in [0.3, 0.4) is 0 Å². The van der Waals surface area contributed by atoms with Gasteiger partial charge in [-0.1, -0.05) is 42.0 Å². The third-order valence-electron chi connectivity index (χ3n) is 2.10. The molecule has 0 bridgehead atoms. The Balaban J connectivity index is 2.38. The molecular formula is C11H9ClO. The van der Waals surface area contributed by atoms with Crippen molar-refractivity contribution in [1.29, 1.82) is 0 Å². The van der Waals surface area contributed by atoms with Crippen LogP contribution < -0.4 is 0 Å². The van der Waals surface area contributed by atoms with E-state index in [9.17, 15) is 5.11 Å². The van der Waals surface area contributed by atoms with Crippen LogP contribution in [-0.2, 0) is 0 Å². The van der Waals surface area contributed by atoms with E-state index in [1.807, 2.05) is 36.4 Å². The second kappa shape index (κ2) is 3.27. The molecule has 1 unspecified atom stereocenters. The first-order valence-electron chi connectivity index (χ1n) is 4.11. The molecule has 0 saturated heterocycles. The summed E-state index contributed by atoms with van der Waals surface area (Å²) in [6, 6.07) is 7.30. The van der Waals surface area contributed by atoms with E-state index in [1.165, 1.54) is 0 Å². The summed E-state index contributed by atoms with van der Waals surface area (Å²) in [4.78, 5) is 0. The zero-order valence-corrected chi connectivity index (χ0v) is 7.70. The van der Waals surface area contributed by atoms with Crippen molar-refractivity contribution in [3.05, 3.63) is 53.1 Å². The predicted molar refractivity (Wildman–Crippen MR) is 53.9 cm³/mol. The molecule has 2 heteroatoms. The van der Waals surface area contributed by atoms with Crippen molar-refractivity contribution in [2.45, 2.75) is 5.92 Å². The quantitative estimate of drug-likeness (QED) is 0.725. The highest BCUT2D eigenvalue weighted by Crippen LogP contribution is 2.32. The number of hydrogen-bond donors (Lipinski definition) is 1. The average molecular weight is 193 g/mol. The summed E-state index contributed by atoms with van der Waals surface area (Å²) < 4.78 is 0. The van der Waals surface area contributed by atoms with Gasteiger partial charge in [0.15, 0.2) is 0 Å². The van der Waals surface area contributed by atoms with Crippen molar-refractivity contribution >= 4 is 11.6 Å². The topological polar surface area (TPSA) is 20.2 Å². The van der Waals surface area contributed by atoms with Crippen molar-refractivity contribution < 1.29 is 5.11 Å². The standard InChI is InChI=1S/C11H9ClO/c12-9-6-5-8(7-9)10-3-1-2-4-11(10)13/h1-8,13H. The predicted octanol–water partition coefficient (Wildman–Crippen LogP) is 3.17. The number of phenolic OH excluding ortho intramolecular Hbond substituents is 1. The summed E-state index contributed by atoms with van der Waals surface area (Å²) in [5.41, 5.74) is 0.898. The molecule has 1 aromatic rings. The fourth-order valence-electron chi connectivity index (χ4n) is 1.44. The largest absolute Gasteiger partial charge is 0.508 e. The lowest BCUT2D eigenvalue weighted by Crippen LogP contribution is -1.88. The molecule has 13 heavy (non-hydrogen) atoms. The van der Waals surface area contributed by atoms with Gasteiger partial charge >= 0.3 is 0 Å². The highest BCUT2D eigenvalue weighted by Gasteiger charge is 2.13. The molecule has 1 aromatic carbocycles. The zero-order valence-electron chi connectivity index (χ0n) is 6.94. The zero-order chi connectivity index (χ0) is 9.26. The maximum atomic E-state index is 9.55. The molecule has 1 aliphatic carbocycles. The molecule has 2 rings (SSSR count). The number of aromatic hydroxyl groups is 1. The van der Waals surface area contributed by atoms with Crippen LogP contribution in [0.15, 0.2) is 47.5 Å². The van der Waals surface area contributed by atoms with Gasteiger partial charge in [0.1, 0.15) is 5.75 Å². The molecule has 0 fully saturated rings. The van der Waals surface area contributed by atoms with Crippen LogP contribution in [0.5, 0.6) is 5.75 Å². The lowest BCUT2D eigenvalue weighted by molar-refractivity contribution is 0.468. The van der Waals surface area contributed by atoms with E-state index in [0.29, 0.717) is 5.75 Å². The van der Waals surface area contributed by atoms with Gasteiger partial charge in [-0.25, -0.2) is 0 Å². The van der Waals surface area contributed by atoms with Crippen LogP contribution in [0, 0.1) is 0 Å². The van der Waals surface area contributed by atoms with Gasteiger partial charge in [0.25, 0.3) is 0 Å².